The SMILES string of the molecule is O=C(CCCCCC1OCCO1)Nc1ccccc1. The summed E-state index contributed by atoms with van der Waals surface area (Å²) in [6.07, 6.45) is 4.47. The number of carbonyl (C=O) groups excluding carboxylic acids is 1. The number of para-hydroxylation sites is 1. The van der Waals surface area contributed by atoms with Crippen LogP contribution in [0.25, 0.3) is 0 Å². The van der Waals surface area contributed by atoms with Crippen molar-refractivity contribution < 1.29 is 14.3 Å². The summed E-state index contributed by atoms with van der Waals surface area (Å²) in [6.45, 7) is 1.42. The Kier molecular flexibility index (Phi) is 5.85. The standard InChI is InChI=1S/C15H21NO3/c17-14(16-13-7-3-1-4-8-13)9-5-2-6-10-15-18-11-12-19-15/h1,3-4,7-8,15H,2,5-6,9-12H2,(H,16,17). The number of amides is 1. The maximum Gasteiger partial charge on any atom is 0.224 e. The molecule has 4 heteroatoms. The maximum atomic E-state index is 11.7. The second kappa shape index (κ2) is 7.92. The van der Waals surface area contributed by atoms with E-state index in [1.165, 1.54) is 0 Å². The van der Waals surface area contributed by atoms with Gasteiger partial charge in [0.2, 0.25) is 5.91 Å². The van der Waals surface area contributed by atoms with Crippen LogP contribution in [0, 0.1) is 0 Å². The smallest absolute Gasteiger partial charge is 0.224 e. The number of rotatable bonds is 7. The highest BCUT2D eigenvalue weighted by atomic mass is 16.7. The van der Waals surface area contributed by atoms with Gasteiger partial charge in [0, 0.05) is 12.1 Å². The molecule has 2 rings (SSSR count). The van der Waals surface area contributed by atoms with Crippen molar-refractivity contribution in [1.29, 1.82) is 0 Å². The average Bonchev–Trinajstić information content (AvgIpc) is 2.92. The zero-order chi connectivity index (χ0) is 13.3. The number of anilines is 1. The molecular formula is C15H21NO3. The topological polar surface area (TPSA) is 47.6 Å². The van der Waals surface area contributed by atoms with Crippen molar-refractivity contribution in [3.63, 3.8) is 0 Å². The van der Waals surface area contributed by atoms with Crippen LogP contribution in [0.3, 0.4) is 0 Å². The summed E-state index contributed by atoms with van der Waals surface area (Å²) < 4.78 is 10.7. The van der Waals surface area contributed by atoms with Crippen LogP contribution in [-0.2, 0) is 14.3 Å². The first-order chi connectivity index (χ1) is 9.34. The lowest BCUT2D eigenvalue weighted by molar-refractivity contribution is -0.116. The largest absolute Gasteiger partial charge is 0.350 e. The lowest BCUT2D eigenvalue weighted by atomic mass is 10.1. The minimum absolute atomic E-state index is 0.0156. The van der Waals surface area contributed by atoms with Crippen molar-refractivity contribution in [2.45, 2.75) is 38.4 Å². The molecule has 104 valence electrons. The summed E-state index contributed by atoms with van der Waals surface area (Å²) >= 11 is 0. The number of ether oxygens (including phenoxy) is 2. The molecule has 1 N–H and O–H groups in total. The number of benzene rings is 1. The zero-order valence-electron chi connectivity index (χ0n) is 11.1. The van der Waals surface area contributed by atoms with Crippen LogP contribution < -0.4 is 5.32 Å². The Morgan fingerprint density at radius 3 is 2.58 bits per heavy atom. The van der Waals surface area contributed by atoms with E-state index in [1.54, 1.807) is 0 Å². The van der Waals surface area contributed by atoms with E-state index >= 15 is 0 Å². The van der Waals surface area contributed by atoms with Crippen LogP contribution in [0.15, 0.2) is 30.3 Å². The molecule has 1 aromatic rings. The Balaban J connectivity index is 1.51. The van der Waals surface area contributed by atoms with Crippen LogP contribution in [0.5, 0.6) is 0 Å². The first-order valence-electron chi connectivity index (χ1n) is 6.93. The Labute approximate surface area is 114 Å². The van der Waals surface area contributed by atoms with Gasteiger partial charge in [-0.1, -0.05) is 24.6 Å². The molecule has 1 amide bonds. The van der Waals surface area contributed by atoms with Crippen LogP contribution in [0.2, 0.25) is 0 Å². The Bertz CT molecular complexity index is 374. The molecule has 0 atom stereocenters. The third-order valence-electron chi connectivity index (χ3n) is 3.09. The minimum atomic E-state index is -0.0156. The molecule has 0 aliphatic carbocycles. The fraction of sp³-hybridized carbons (Fsp3) is 0.533. The summed E-state index contributed by atoms with van der Waals surface area (Å²) in [5.74, 6) is 0.0829. The molecular weight excluding hydrogens is 242 g/mol. The molecule has 1 aromatic carbocycles. The lowest BCUT2D eigenvalue weighted by Gasteiger charge is -2.08. The predicted molar refractivity (Wildman–Crippen MR) is 73.8 cm³/mol. The van der Waals surface area contributed by atoms with Gasteiger partial charge in [0.05, 0.1) is 13.2 Å². The quantitative estimate of drug-likeness (QED) is 0.769. The van der Waals surface area contributed by atoms with Crippen LogP contribution in [-0.4, -0.2) is 25.4 Å². The van der Waals surface area contributed by atoms with Gasteiger partial charge in [-0.15, -0.1) is 0 Å². The molecule has 1 fully saturated rings. The lowest BCUT2D eigenvalue weighted by Crippen LogP contribution is -2.11. The fourth-order valence-electron chi connectivity index (χ4n) is 2.09. The van der Waals surface area contributed by atoms with Gasteiger partial charge >= 0.3 is 0 Å². The van der Waals surface area contributed by atoms with Gasteiger partial charge in [-0.2, -0.15) is 0 Å². The highest BCUT2D eigenvalue weighted by Crippen LogP contribution is 2.13. The molecule has 0 spiro atoms. The highest BCUT2D eigenvalue weighted by molar-refractivity contribution is 5.90. The molecule has 19 heavy (non-hydrogen) atoms. The van der Waals surface area contributed by atoms with E-state index < -0.39 is 0 Å². The van der Waals surface area contributed by atoms with Crippen molar-refractivity contribution in [3.05, 3.63) is 30.3 Å². The van der Waals surface area contributed by atoms with Crippen molar-refractivity contribution in [2.75, 3.05) is 18.5 Å². The zero-order valence-corrected chi connectivity index (χ0v) is 11.1. The number of nitrogens with one attached hydrogen (secondary N) is 1. The summed E-state index contributed by atoms with van der Waals surface area (Å²) in [5.41, 5.74) is 0.861. The second-order valence-corrected chi connectivity index (χ2v) is 4.68. The number of hydrogen-bond acceptors (Lipinski definition) is 3. The fourth-order valence-corrected chi connectivity index (χ4v) is 2.09. The van der Waals surface area contributed by atoms with Gasteiger partial charge in [0.25, 0.3) is 0 Å². The third kappa shape index (κ3) is 5.41. The molecule has 1 aliphatic rings. The molecule has 0 saturated carbocycles. The van der Waals surface area contributed by atoms with Gasteiger partial charge in [0.15, 0.2) is 6.29 Å². The Hall–Kier alpha value is -1.39. The molecule has 1 saturated heterocycles. The van der Waals surface area contributed by atoms with E-state index in [1.807, 2.05) is 30.3 Å². The monoisotopic (exact) mass is 263 g/mol. The first-order valence-corrected chi connectivity index (χ1v) is 6.93. The van der Waals surface area contributed by atoms with Gasteiger partial charge in [0.1, 0.15) is 0 Å². The van der Waals surface area contributed by atoms with E-state index in [-0.39, 0.29) is 12.2 Å². The van der Waals surface area contributed by atoms with E-state index in [0.717, 1.165) is 31.4 Å². The summed E-state index contributed by atoms with van der Waals surface area (Å²) in [4.78, 5) is 11.7. The second-order valence-electron chi connectivity index (χ2n) is 4.68. The van der Waals surface area contributed by atoms with Crippen molar-refractivity contribution >= 4 is 11.6 Å². The van der Waals surface area contributed by atoms with Gasteiger partial charge in [-0.05, 0) is 31.4 Å². The molecule has 1 heterocycles. The normalized spacial score (nSPS) is 15.6. The molecule has 0 bridgehead atoms. The highest BCUT2D eigenvalue weighted by Gasteiger charge is 2.14. The Morgan fingerprint density at radius 2 is 1.84 bits per heavy atom. The van der Waals surface area contributed by atoms with Crippen molar-refractivity contribution in [1.82, 2.24) is 0 Å². The first kappa shape index (κ1) is 14.0. The van der Waals surface area contributed by atoms with E-state index in [0.29, 0.717) is 19.6 Å². The number of carbonyl (C=O) groups is 1. The minimum Gasteiger partial charge on any atom is -0.350 e. The van der Waals surface area contributed by atoms with E-state index in [9.17, 15) is 4.79 Å². The maximum absolute atomic E-state index is 11.7. The molecule has 4 nitrogen and oxygen atoms in total. The van der Waals surface area contributed by atoms with Crippen molar-refractivity contribution in [2.24, 2.45) is 0 Å². The summed E-state index contributed by atoms with van der Waals surface area (Å²) in [6, 6.07) is 9.55. The van der Waals surface area contributed by atoms with Crippen molar-refractivity contribution in [3.8, 4) is 0 Å². The van der Waals surface area contributed by atoms with Crippen LogP contribution in [0.1, 0.15) is 32.1 Å². The van der Waals surface area contributed by atoms with Gasteiger partial charge in [-0.25, -0.2) is 0 Å². The number of unbranched alkanes of at least 4 members (excludes halogenated alkanes) is 2. The molecule has 0 unspecified atom stereocenters. The van der Waals surface area contributed by atoms with Gasteiger partial charge < -0.3 is 14.8 Å². The van der Waals surface area contributed by atoms with E-state index in [4.69, 9.17) is 9.47 Å². The van der Waals surface area contributed by atoms with Crippen LogP contribution in [0.4, 0.5) is 5.69 Å². The predicted octanol–water partition coefficient (Wildman–Crippen LogP) is 2.95. The third-order valence-corrected chi connectivity index (χ3v) is 3.09. The molecule has 0 radical (unpaired) electrons. The van der Waals surface area contributed by atoms with E-state index in [2.05, 4.69) is 5.32 Å². The molecule has 0 aromatic heterocycles. The average molecular weight is 263 g/mol. The number of hydrogen-bond donors (Lipinski definition) is 1. The summed E-state index contributed by atoms with van der Waals surface area (Å²) in [5, 5.41) is 2.89. The summed E-state index contributed by atoms with van der Waals surface area (Å²) in [7, 11) is 0. The Morgan fingerprint density at radius 1 is 1.11 bits per heavy atom. The van der Waals surface area contributed by atoms with Crippen LogP contribution >= 0.6 is 0 Å². The molecule has 1 aliphatic heterocycles. The van der Waals surface area contributed by atoms with Gasteiger partial charge in [-0.3, -0.25) is 4.79 Å².